The van der Waals surface area contributed by atoms with Gasteiger partial charge in [0.25, 0.3) is 5.82 Å². The summed E-state index contributed by atoms with van der Waals surface area (Å²) in [7, 11) is 3.68. The number of fused-ring (bicyclic) bond motifs is 1. The second kappa shape index (κ2) is 7.85. The average molecular weight is 448 g/mol. The number of halogens is 1. The molecule has 1 unspecified atom stereocenters. The summed E-state index contributed by atoms with van der Waals surface area (Å²) >= 11 is 1.64. The average Bonchev–Trinajstić information content (AvgIpc) is 3.03. The molecule has 1 fully saturated rings. The monoisotopic (exact) mass is 448 g/mol. The van der Waals surface area contributed by atoms with Crippen LogP contribution in [0.1, 0.15) is 12.2 Å². The van der Waals surface area contributed by atoms with Crippen molar-refractivity contribution >= 4 is 22.7 Å². The van der Waals surface area contributed by atoms with E-state index in [0.717, 1.165) is 46.3 Å². The number of benzene rings is 1. The van der Waals surface area contributed by atoms with Gasteiger partial charge in [-0.1, -0.05) is 11.8 Å². The fraction of sp³-hybridized carbons (Fsp3) is 0.500. The summed E-state index contributed by atoms with van der Waals surface area (Å²) < 4.78 is 19.1. The first-order valence-electron chi connectivity index (χ1n) is 7.30. The molecule has 0 amide bonds. The lowest BCUT2D eigenvalue weighted by atomic mass is 10.2. The molecule has 1 atom stereocenters. The van der Waals surface area contributed by atoms with Crippen molar-refractivity contribution in [1.29, 1.82) is 0 Å². The first-order valence-corrected chi connectivity index (χ1v) is 8.53. The van der Waals surface area contributed by atoms with Gasteiger partial charge < -0.3 is 38.2 Å². The van der Waals surface area contributed by atoms with Crippen LogP contribution in [0.25, 0.3) is 10.9 Å². The molecule has 0 bridgehead atoms. The van der Waals surface area contributed by atoms with Gasteiger partial charge in [-0.05, 0) is 11.2 Å². The maximum absolute atomic E-state index is 6.08. The predicted molar refractivity (Wildman–Crippen MR) is 85.8 cm³/mol. The van der Waals surface area contributed by atoms with Gasteiger partial charge in [-0.15, -0.1) is 0 Å². The van der Waals surface area contributed by atoms with Crippen molar-refractivity contribution in [3.05, 3.63) is 18.0 Å². The van der Waals surface area contributed by atoms with Crippen LogP contribution >= 0.6 is 11.8 Å². The van der Waals surface area contributed by atoms with Crippen LogP contribution < -0.4 is 38.0 Å². The molecule has 7 heteroatoms. The smallest absolute Gasteiger partial charge is 0.296 e. The van der Waals surface area contributed by atoms with E-state index in [-0.39, 0.29) is 30.1 Å². The Morgan fingerprint density at radius 2 is 2.13 bits per heavy atom. The van der Waals surface area contributed by atoms with Gasteiger partial charge in [0, 0.05) is 25.5 Å². The van der Waals surface area contributed by atoms with Gasteiger partial charge >= 0.3 is 0 Å². The summed E-state index contributed by atoms with van der Waals surface area (Å²) in [6.45, 7) is 3.40. The number of nitrogens with zero attached hydrogens (tertiary/aromatic N) is 2. The minimum absolute atomic E-state index is 0. The van der Waals surface area contributed by atoms with E-state index in [1.54, 1.807) is 18.9 Å². The van der Waals surface area contributed by atoms with Gasteiger partial charge in [-0.3, -0.25) is 0 Å². The highest BCUT2D eigenvalue weighted by Crippen LogP contribution is 2.35. The number of aromatic nitrogens is 2. The molecule has 0 N–H and O–H groups in total. The zero-order valence-corrected chi connectivity index (χ0v) is 16.7. The first-order chi connectivity index (χ1) is 10.6. The van der Waals surface area contributed by atoms with E-state index in [0.29, 0.717) is 6.61 Å². The van der Waals surface area contributed by atoms with Crippen molar-refractivity contribution in [3.8, 4) is 11.5 Å². The van der Waals surface area contributed by atoms with Crippen LogP contribution in [0.3, 0.4) is 0 Å². The van der Waals surface area contributed by atoms with E-state index < -0.39 is 0 Å². The number of ether oxygens (including phenoxy) is 3. The maximum atomic E-state index is 6.08. The van der Waals surface area contributed by atoms with Gasteiger partial charge in [0.15, 0.2) is 11.5 Å². The molecular formula is C16H21IN2O3S. The Bertz CT molecular complexity index is 706. The van der Waals surface area contributed by atoms with Gasteiger partial charge in [0.1, 0.15) is 11.6 Å². The fourth-order valence-electron chi connectivity index (χ4n) is 2.65. The maximum Gasteiger partial charge on any atom is 0.296 e. The Kier molecular flexibility index (Phi) is 6.33. The summed E-state index contributed by atoms with van der Waals surface area (Å²) in [4.78, 5) is 4.65. The minimum Gasteiger partial charge on any atom is -1.00 e. The molecule has 1 aliphatic heterocycles. The molecule has 0 spiro atoms. The van der Waals surface area contributed by atoms with Crippen molar-refractivity contribution in [2.24, 2.45) is 7.05 Å². The minimum atomic E-state index is 0. The molecule has 3 rings (SSSR count). The number of methoxy groups -OCH3 is 1. The van der Waals surface area contributed by atoms with Crippen LogP contribution in [-0.4, -0.2) is 37.7 Å². The SMILES string of the molecule is COc1cc2c(cc1OC1CCOC1)c(SC)nc(C)[n+]2C.[I-]. The van der Waals surface area contributed by atoms with E-state index in [9.17, 15) is 0 Å². The van der Waals surface area contributed by atoms with E-state index in [1.165, 1.54) is 0 Å². The second-order valence-electron chi connectivity index (χ2n) is 5.35. The third kappa shape index (κ3) is 3.66. The van der Waals surface area contributed by atoms with Crippen molar-refractivity contribution in [3.63, 3.8) is 0 Å². The van der Waals surface area contributed by atoms with Gasteiger partial charge in [-0.25, -0.2) is 4.57 Å². The normalized spacial score (nSPS) is 17.1. The van der Waals surface area contributed by atoms with E-state index in [1.807, 2.05) is 32.4 Å². The largest absolute Gasteiger partial charge is 1.00 e. The Balaban J connectivity index is 0.00000192. The zero-order valence-electron chi connectivity index (χ0n) is 13.8. The highest BCUT2D eigenvalue weighted by molar-refractivity contribution is 7.98. The Morgan fingerprint density at radius 3 is 2.74 bits per heavy atom. The summed E-state index contributed by atoms with van der Waals surface area (Å²) in [5, 5.41) is 2.08. The highest BCUT2D eigenvalue weighted by atomic mass is 127. The lowest BCUT2D eigenvalue weighted by Gasteiger charge is -2.16. The lowest BCUT2D eigenvalue weighted by Crippen LogP contribution is -3.00. The molecule has 0 saturated carbocycles. The van der Waals surface area contributed by atoms with Gasteiger partial charge in [0.05, 0.1) is 32.8 Å². The summed E-state index contributed by atoms with van der Waals surface area (Å²) in [6, 6.07) is 4.06. The van der Waals surface area contributed by atoms with Crippen LogP contribution in [0.5, 0.6) is 11.5 Å². The highest BCUT2D eigenvalue weighted by Gasteiger charge is 2.23. The van der Waals surface area contributed by atoms with Crippen LogP contribution in [0.15, 0.2) is 17.2 Å². The summed E-state index contributed by atoms with van der Waals surface area (Å²) in [5.41, 5.74) is 1.09. The molecule has 5 nitrogen and oxygen atoms in total. The number of hydrogen-bond acceptors (Lipinski definition) is 5. The molecule has 0 aliphatic carbocycles. The molecule has 2 heterocycles. The number of thioether (sulfide) groups is 1. The third-order valence-corrected chi connectivity index (χ3v) is 4.70. The van der Waals surface area contributed by atoms with Crippen LogP contribution in [0, 0.1) is 6.92 Å². The quantitative estimate of drug-likeness (QED) is 0.267. The van der Waals surface area contributed by atoms with E-state index in [2.05, 4.69) is 9.55 Å². The molecular weight excluding hydrogens is 427 g/mol. The summed E-state index contributed by atoms with van der Waals surface area (Å²) in [5.74, 6) is 2.47. The Morgan fingerprint density at radius 1 is 1.35 bits per heavy atom. The lowest BCUT2D eigenvalue weighted by molar-refractivity contribution is -0.655. The molecule has 1 saturated heterocycles. The van der Waals surface area contributed by atoms with Crippen molar-refractivity contribution in [2.75, 3.05) is 26.6 Å². The summed E-state index contributed by atoms with van der Waals surface area (Å²) in [6.07, 6.45) is 3.05. The molecule has 2 aromatic rings. The standard InChI is InChI=1S/C16H21N2O3S.HI/c1-10-17-16(22-4)12-7-15(21-11-5-6-20-9-11)14(19-3)8-13(12)18(10)2;/h7-8,11H,5-6,9H2,1-4H3;1H/q+1;/p-1. The number of aryl methyl sites for hydroxylation is 2. The zero-order chi connectivity index (χ0) is 15.7. The predicted octanol–water partition coefficient (Wildman–Crippen LogP) is -0.730. The topological polar surface area (TPSA) is 44.5 Å². The Hall–Kier alpha value is -0.800. The molecule has 1 aromatic carbocycles. The molecule has 23 heavy (non-hydrogen) atoms. The number of hydrogen-bond donors (Lipinski definition) is 0. The first kappa shape index (κ1) is 18.5. The van der Waals surface area contributed by atoms with Gasteiger partial charge in [0.2, 0.25) is 5.03 Å². The van der Waals surface area contributed by atoms with Crippen molar-refractivity contribution < 1.29 is 42.8 Å². The number of rotatable bonds is 4. The van der Waals surface area contributed by atoms with Crippen LogP contribution in [-0.2, 0) is 11.8 Å². The molecule has 1 aliphatic rings. The molecule has 126 valence electrons. The van der Waals surface area contributed by atoms with E-state index in [4.69, 9.17) is 14.2 Å². The van der Waals surface area contributed by atoms with Gasteiger partial charge in [-0.2, -0.15) is 0 Å². The molecule has 1 aromatic heterocycles. The Labute approximate surface area is 157 Å². The third-order valence-electron chi connectivity index (χ3n) is 4.00. The second-order valence-corrected chi connectivity index (χ2v) is 6.15. The van der Waals surface area contributed by atoms with Crippen molar-refractivity contribution in [2.45, 2.75) is 24.5 Å². The van der Waals surface area contributed by atoms with Crippen LogP contribution in [0.2, 0.25) is 0 Å². The van der Waals surface area contributed by atoms with Crippen LogP contribution in [0.4, 0.5) is 0 Å². The van der Waals surface area contributed by atoms with E-state index >= 15 is 0 Å². The fourth-order valence-corrected chi connectivity index (χ4v) is 3.25. The van der Waals surface area contributed by atoms with Crippen molar-refractivity contribution in [1.82, 2.24) is 4.98 Å². The molecule has 0 radical (unpaired) electrons.